The van der Waals surface area contributed by atoms with Gasteiger partial charge in [-0.1, -0.05) is 18.2 Å². The topological polar surface area (TPSA) is 95.7 Å². The van der Waals surface area contributed by atoms with Crippen molar-refractivity contribution in [3.8, 4) is 23.0 Å². The molecule has 156 valence electrons. The third-order valence-corrected chi connectivity index (χ3v) is 3.80. The fourth-order valence-corrected chi connectivity index (χ4v) is 2.49. The number of nitrogens with one attached hydrogen (secondary N) is 1. The zero-order chi connectivity index (χ0) is 21.6. The Balaban J connectivity index is 1.56. The summed E-state index contributed by atoms with van der Waals surface area (Å²) >= 11 is 0. The number of anilines is 1. The molecule has 0 atom stereocenters. The van der Waals surface area contributed by atoms with E-state index < -0.39 is 11.7 Å². The van der Waals surface area contributed by atoms with E-state index in [-0.39, 0.29) is 0 Å². The van der Waals surface area contributed by atoms with E-state index >= 15 is 0 Å². The number of benzene rings is 2. The SMILES string of the molecule is CC(C)(C)OC(=O)NCc1ccc(Oc2cccc(Oc3ccc(N)nc3)c2)cc1. The zero-order valence-electron chi connectivity index (χ0n) is 17.2. The molecule has 1 heterocycles. The smallest absolute Gasteiger partial charge is 0.407 e. The van der Waals surface area contributed by atoms with Crippen LogP contribution in [-0.4, -0.2) is 16.7 Å². The minimum Gasteiger partial charge on any atom is -0.457 e. The van der Waals surface area contributed by atoms with Crippen LogP contribution in [0.2, 0.25) is 0 Å². The third-order valence-electron chi connectivity index (χ3n) is 3.80. The monoisotopic (exact) mass is 407 g/mol. The van der Waals surface area contributed by atoms with Gasteiger partial charge in [0.2, 0.25) is 0 Å². The van der Waals surface area contributed by atoms with Gasteiger partial charge in [0, 0.05) is 12.6 Å². The van der Waals surface area contributed by atoms with Crippen molar-refractivity contribution in [3.63, 3.8) is 0 Å². The summed E-state index contributed by atoms with van der Waals surface area (Å²) in [5, 5.41) is 2.73. The molecule has 0 saturated carbocycles. The minimum atomic E-state index is -0.523. The summed E-state index contributed by atoms with van der Waals surface area (Å²) in [6.07, 6.45) is 1.11. The van der Waals surface area contributed by atoms with E-state index in [0.717, 1.165) is 5.56 Å². The average Bonchev–Trinajstić information content (AvgIpc) is 2.68. The van der Waals surface area contributed by atoms with E-state index in [1.165, 1.54) is 0 Å². The Morgan fingerprint density at radius 3 is 2.17 bits per heavy atom. The highest BCUT2D eigenvalue weighted by molar-refractivity contribution is 5.67. The molecule has 3 N–H and O–H groups in total. The molecule has 0 spiro atoms. The molecule has 0 saturated heterocycles. The van der Waals surface area contributed by atoms with Gasteiger partial charge in [0.1, 0.15) is 34.4 Å². The summed E-state index contributed by atoms with van der Waals surface area (Å²) in [7, 11) is 0. The fourth-order valence-electron chi connectivity index (χ4n) is 2.49. The molecular weight excluding hydrogens is 382 g/mol. The Bertz CT molecular complexity index is 981. The van der Waals surface area contributed by atoms with Gasteiger partial charge in [-0.25, -0.2) is 9.78 Å². The fraction of sp³-hybridized carbons (Fsp3) is 0.217. The third kappa shape index (κ3) is 6.70. The number of ether oxygens (including phenoxy) is 3. The average molecular weight is 407 g/mol. The van der Waals surface area contributed by atoms with Gasteiger partial charge in [0.25, 0.3) is 0 Å². The summed E-state index contributed by atoms with van der Waals surface area (Å²) in [6.45, 7) is 5.84. The number of rotatable bonds is 6. The minimum absolute atomic E-state index is 0.369. The molecule has 0 fully saturated rings. The van der Waals surface area contributed by atoms with Crippen molar-refractivity contribution in [2.45, 2.75) is 32.9 Å². The van der Waals surface area contributed by atoms with E-state index in [4.69, 9.17) is 19.9 Å². The van der Waals surface area contributed by atoms with Gasteiger partial charge in [-0.2, -0.15) is 0 Å². The number of hydrogen-bond acceptors (Lipinski definition) is 6. The highest BCUT2D eigenvalue weighted by Gasteiger charge is 2.15. The van der Waals surface area contributed by atoms with Crippen LogP contribution in [0.4, 0.5) is 10.6 Å². The van der Waals surface area contributed by atoms with Gasteiger partial charge < -0.3 is 25.3 Å². The van der Waals surface area contributed by atoms with Crippen LogP contribution in [0.3, 0.4) is 0 Å². The van der Waals surface area contributed by atoms with Gasteiger partial charge >= 0.3 is 6.09 Å². The number of nitrogen functional groups attached to an aromatic ring is 1. The molecule has 7 nitrogen and oxygen atoms in total. The lowest BCUT2D eigenvalue weighted by Crippen LogP contribution is -2.32. The molecule has 0 aliphatic carbocycles. The maximum absolute atomic E-state index is 11.7. The van der Waals surface area contributed by atoms with Crippen molar-refractivity contribution in [2.24, 2.45) is 0 Å². The summed E-state index contributed by atoms with van der Waals surface area (Å²) in [6, 6.07) is 18.2. The number of carbonyl (C=O) groups excluding carboxylic acids is 1. The normalized spacial score (nSPS) is 10.9. The number of alkyl carbamates (subject to hydrolysis) is 1. The van der Waals surface area contributed by atoms with Crippen LogP contribution in [0.25, 0.3) is 0 Å². The van der Waals surface area contributed by atoms with E-state index in [1.807, 2.05) is 63.2 Å². The Kier molecular flexibility index (Phi) is 6.41. The maximum Gasteiger partial charge on any atom is 0.407 e. The predicted octanol–water partition coefficient (Wildman–Crippen LogP) is 5.27. The first-order chi connectivity index (χ1) is 14.3. The summed E-state index contributed by atoms with van der Waals surface area (Å²) in [5.41, 5.74) is 5.99. The first-order valence-corrected chi connectivity index (χ1v) is 9.50. The van der Waals surface area contributed by atoms with E-state index in [9.17, 15) is 4.79 Å². The van der Waals surface area contributed by atoms with Crippen molar-refractivity contribution < 1.29 is 19.0 Å². The Morgan fingerprint density at radius 1 is 0.933 bits per heavy atom. The lowest BCUT2D eigenvalue weighted by atomic mass is 10.2. The van der Waals surface area contributed by atoms with Crippen LogP contribution < -0.4 is 20.5 Å². The number of carbonyl (C=O) groups is 1. The highest BCUT2D eigenvalue weighted by Crippen LogP contribution is 2.28. The molecule has 3 rings (SSSR count). The molecule has 3 aromatic rings. The van der Waals surface area contributed by atoms with E-state index in [0.29, 0.717) is 35.4 Å². The molecule has 1 aromatic heterocycles. The van der Waals surface area contributed by atoms with Gasteiger partial charge in [-0.15, -0.1) is 0 Å². The summed E-state index contributed by atoms with van der Waals surface area (Å²) < 4.78 is 16.9. The highest BCUT2D eigenvalue weighted by atomic mass is 16.6. The molecule has 1 amide bonds. The van der Waals surface area contributed by atoms with Crippen molar-refractivity contribution in [1.29, 1.82) is 0 Å². The van der Waals surface area contributed by atoms with Gasteiger partial charge in [0.05, 0.1) is 6.20 Å². The van der Waals surface area contributed by atoms with Crippen molar-refractivity contribution in [3.05, 3.63) is 72.4 Å². The summed E-state index contributed by atoms with van der Waals surface area (Å²) in [4.78, 5) is 15.7. The second kappa shape index (κ2) is 9.17. The molecule has 0 aliphatic rings. The van der Waals surface area contributed by atoms with Crippen molar-refractivity contribution >= 4 is 11.9 Å². The standard InChI is InChI=1S/C23H25N3O4/c1-23(2,3)30-22(27)26-14-16-7-9-17(10-8-16)28-18-5-4-6-19(13-18)29-20-11-12-21(24)25-15-20/h4-13,15H,14H2,1-3H3,(H2,24,25)(H,26,27). The second-order valence-electron chi connectivity index (χ2n) is 7.60. The second-order valence-corrected chi connectivity index (χ2v) is 7.60. The first-order valence-electron chi connectivity index (χ1n) is 9.50. The van der Waals surface area contributed by atoms with E-state index in [2.05, 4.69) is 10.3 Å². The van der Waals surface area contributed by atoms with Crippen molar-refractivity contribution in [2.75, 3.05) is 5.73 Å². The Hall–Kier alpha value is -3.74. The predicted molar refractivity (Wildman–Crippen MR) is 115 cm³/mol. The van der Waals surface area contributed by atoms with Crippen LogP contribution in [0.15, 0.2) is 66.9 Å². The number of aromatic nitrogens is 1. The lowest BCUT2D eigenvalue weighted by molar-refractivity contribution is 0.0523. The van der Waals surface area contributed by atoms with E-state index in [1.54, 1.807) is 24.4 Å². The molecule has 0 bridgehead atoms. The van der Waals surface area contributed by atoms with Gasteiger partial charge in [0.15, 0.2) is 0 Å². The largest absolute Gasteiger partial charge is 0.457 e. The number of nitrogens with zero attached hydrogens (tertiary/aromatic N) is 1. The molecular formula is C23H25N3O4. The lowest BCUT2D eigenvalue weighted by Gasteiger charge is -2.19. The van der Waals surface area contributed by atoms with Crippen LogP contribution in [0.1, 0.15) is 26.3 Å². The number of nitrogens with two attached hydrogens (primary N) is 1. The number of amides is 1. The quantitative estimate of drug-likeness (QED) is 0.578. The molecule has 0 aliphatic heterocycles. The van der Waals surface area contributed by atoms with Gasteiger partial charge in [-0.05, 0) is 62.7 Å². The molecule has 2 aromatic carbocycles. The number of pyridine rings is 1. The Morgan fingerprint density at radius 2 is 1.57 bits per heavy atom. The summed E-state index contributed by atoms with van der Waals surface area (Å²) in [5.74, 6) is 2.95. The van der Waals surface area contributed by atoms with Crippen LogP contribution in [-0.2, 0) is 11.3 Å². The van der Waals surface area contributed by atoms with Crippen LogP contribution >= 0.6 is 0 Å². The van der Waals surface area contributed by atoms with Gasteiger partial charge in [-0.3, -0.25) is 0 Å². The van der Waals surface area contributed by atoms with Crippen LogP contribution in [0, 0.1) is 0 Å². The molecule has 0 radical (unpaired) electrons. The molecule has 30 heavy (non-hydrogen) atoms. The zero-order valence-corrected chi connectivity index (χ0v) is 17.2. The first kappa shape index (κ1) is 21.0. The van der Waals surface area contributed by atoms with Crippen LogP contribution in [0.5, 0.6) is 23.0 Å². The van der Waals surface area contributed by atoms with Crippen molar-refractivity contribution in [1.82, 2.24) is 10.3 Å². The Labute approximate surface area is 175 Å². The number of hydrogen-bond donors (Lipinski definition) is 2. The molecule has 7 heteroatoms. The maximum atomic E-state index is 11.7. The molecule has 0 unspecified atom stereocenters.